The van der Waals surface area contributed by atoms with Crippen LogP contribution in [0.15, 0.2) is 6.58 Å². The number of nitrogens with zero attached hydrogens (tertiary/aromatic N) is 2. The molecule has 4 nitrogen and oxygen atoms in total. The molecule has 1 rings (SSSR count). The summed E-state index contributed by atoms with van der Waals surface area (Å²) >= 11 is 0. The van der Waals surface area contributed by atoms with E-state index in [4.69, 9.17) is 9.84 Å². The lowest BCUT2D eigenvalue weighted by molar-refractivity contribution is 0.269. The van der Waals surface area contributed by atoms with Crippen molar-refractivity contribution in [3.63, 3.8) is 0 Å². The molecule has 0 amide bonds. The molecule has 0 bridgehead atoms. The minimum atomic E-state index is -0.119. The van der Waals surface area contributed by atoms with Crippen LogP contribution in [0.2, 0.25) is 0 Å². The highest BCUT2D eigenvalue weighted by Crippen LogP contribution is 2.18. The Morgan fingerprint density at radius 3 is 2.69 bits per heavy atom. The average Bonchev–Trinajstić information content (AvgIpc) is 2.16. The van der Waals surface area contributed by atoms with Gasteiger partial charge in [-0.2, -0.15) is 4.98 Å². The van der Waals surface area contributed by atoms with Crippen molar-refractivity contribution in [1.29, 1.82) is 0 Å². The molecule has 1 heterocycles. The van der Waals surface area contributed by atoms with Gasteiger partial charge in [0.15, 0.2) is 5.82 Å². The van der Waals surface area contributed by atoms with Crippen LogP contribution in [0, 0.1) is 6.92 Å². The van der Waals surface area contributed by atoms with Crippen LogP contribution in [-0.2, 0) is 6.61 Å². The van der Waals surface area contributed by atoms with Crippen molar-refractivity contribution >= 4 is 6.08 Å². The predicted molar refractivity (Wildman–Crippen MR) is 49.3 cm³/mol. The number of rotatable bonds is 3. The second-order valence-corrected chi connectivity index (χ2v) is 2.52. The number of ether oxygens (including phenoxy) is 1. The lowest BCUT2D eigenvalue weighted by Gasteiger charge is -2.07. The van der Waals surface area contributed by atoms with Gasteiger partial charge in [0, 0.05) is 0 Å². The number of aliphatic hydroxyl groups is 1. The summed E-state index contributed by atoms with van der Waals surface area (Å²) in [5, 5.41) is 9.01. The first-order chi connectivity index (χ1) is 6.22. The normalized spacial score (nSPS) is 9.77. The molecule has 4 heteroatoms. The molecule has 0 saturated carbocycles. The first kappa shape index (κ1) is 9.67. The summed E-state index contributed by atoms with van der Waals surface area (Å²) in [5.74, 6) is 0.913. The third-order valence-corrected chi connectivity index (χ3v) is 1.73. The Hall–Kier alpha value is -1.42. The van der Waals surface area contributed by atoms with E-state index in [1.807, 2.05) is 0 Å². The Kier molecular flexibility index (Phi) is 2.97. The van der Waals surface area contributed by atoms with Crippen molar-refractivity contribution in [3.05, 3.63) is 23.7 Å². The van der Waals surface area contributed by atoms with Gasteiger partial charge in [0.05, 0.1) is 25.0 Å². The van der Waals surface area contributed by atoms with Crippen molar-refractivity contribution in [1.82, 2.24) is 9.97 Å². The van der Waals surface area contributed by atoms with E-state index in [0.717, 1.165) is 0 Å². The van der Waals surface area contributed by atoms with E-state index in [9.17, 15) is 0 Å². The highest BCUT2D eigenvalue weighted by Gasteiger charge is 2.09. The quantitative estimate of drug-likeness (QED) is 0.751. The van der Waals surface area contributed by atoms with Gasteiger partial charge in [-0.05, 0) is 13.0 Å². The minimum absolute atomic E-state index is 0.119. The van der Waals surface area contributed by atoms with Gasteiger partial charge in [-0.15, -0.1) is 0 Å². The van der Waals surface area contributed by atoms with Crippen molar-refractivity contribution in [2.24, 2.45) is 0 Å². The Balaban J connectivity index is 3.28. The molecule has 0 aliphatic heterocycles. The third-order valence-electron chi connectivity index (χ3n) is 1.73. The van der Waals surface area contributed by atoms with Crippen LogP contribution >= 0.6 is 0 Å². The molecule has 13 heavy (non-hydrogen) atoms. The second kappa shape index (κ2) is 4.00. The van der Waals surface area contributed by atoms with E-state index >= 15 is 0 Å². The van der Waals surface area contributed by atoms with Gasteiger partial charge < -0.3 is 9.84 Å². The Morgan fingerprint density at radius 2 is 2.23 bits per heavy atom. The number of methoxy groups -OCH3 is 1. The van der Waals surface area contributed by atoms with E-state index in [1.54, 1.807) is 6.92 Å². The molecule has 0 saturated heterocycles. The van der Waals surface area contributed by atoms with E-state index < -0.39 is 0 Å². The maximum atomic E-state index is 9.01. The third kappa shape index (κ3) is 1.84. The van der Waals surface area contributed by atoms with Crippen molar-refractivity contribution in [2.45, 2.75) is 13.5 Å². The van der Waals surface area contributed by atoms with Gasteiger partial charge in [0.2, 0.25) is 5.88 Å². The van der Waals surface area contributed by atoms with Crippen LogP contribution in [0.4, 0.5) is 0 Å². The minimum Gasteiger partial charge on any atom is -0.481 e. The maximum absolute atomic E-state index is 9.01. The lowest BCUT2D eigenvalue weighted by Crippen LogP contribution is -2.02. The highest BCUT2D eigenvalue weighted by molar-refractivity contribution is 5.41. The number of aliphatic hydroxyl groups excluding tert-OH is 1. The summed E-state index contributed by atoms with van der Waals surface area (Å²) in [6.45, 7) is 5.24. The number of hydrogen-bond donors (Lipinski definition) is 1. The Labute approximate surface area is 76.9 Å². The average molecular weight is 180 g/mol. The van der Waals surface area contributed by atoms with Crippen LogP contribution in [0.1, 0.15) is 17.1 Å². The molecule has 0 unspecified atom stereocenters. The molecular weight excluding hydrogens is 168 g/mol. The monoisotopic (exact) mass is 180 g/mol. The summed E-state index contributed by atoms with van der Waals surface area (Å²) < 4.78 is 5.00. The van der Waals surface area contributed by atoms with Gasteiger partial charge in [-0.3, -0.25) is 0 Å². The molecule has 0 radical (unpaired) electrons. The Bertz CT molecular complexity index is 324. The largest absolute Gasteiger partial charge is 0.481 e. The summed E-state index contributed by atoms with van der Waals surface area (Å²) in [5.41, 5.74) is 1.33. The molecule has 1 N–H and O–H groups in total. The summed E-state index contributed by atoms with van der Waals surface area (Å²) in [6.07, 6.45) is 1.54. The van der Waals surface area contributed by atoms with Gasteiger partial charge >= 0.3 is 0 Å². The second-order valence-electron chi connectivity index (χ2n) is 2.52. The van der Waals surface area contributed by atoms with Crippen LogP contribution in [0.3, 0.4) is 0 Å². The SMILES string of the molecule is C=Cc1nc(C)c(CO)c(OC)n1. The van der Waals surface area contributed by atoms with E-state index in [1.165, 1.54) is 13.2 Å². The van der Waals surface area contributed by atoms with Crippen LogP contribution < -0.4 is 4.74 Å². The van der Waals surface area contributed by atoms with Crippen molar-refractivity contribution in [2.75, 3.05) is 7.11 Å². The molecule has 70 valence electrons. The molecule has 0 atom stereocenters. The van der Waals surface area contributed by atoms with E-state index in [0.29, 0.717) is 23.0 Å². The fraction of sp³-hybridized carbons (Fsp3) is 0.333. The van der Waals surface area contributed by atoms with Gasteiger partial charge in [0.25, 0.3) is 0 Å². The number of aryl methyl sites for hydroxylation is 1. The van der Waals surface area contributed by atoms with Crippen molar-refractivity contribution < 1.29 is 9.84 Å². The fourth-order valence-corrected chi connectivity index (χ4v) is 1.03. The highest BCUT2D eigenvalue weighted by atomic mass is 16.5. The molecule has 0 fully saturated rings. The first-order valence-corrected chi connectivity index (χ1v) is 3.87. The van der Waals surface area contributed by atoms with Gasteiger partial charge in [0.1, 0.15) is 0 Å². The van der Waals surface area contributed by atoms with Gasteiger partial charge in [-0.1, -0.05) is 6.58 Å². The van der Waals surface area contributed by atoms with Crippen LogP contribution in [0.25, 0.3) is 6.08 Å². The van der Waals surface area contributed by atoms with E-state index in [2.05, 4.69) is 16.5 Å². The molecule has 0 aromatic carbocycles. The molecule has 0 aliphatic rings. The van der Waals surface area contributed by atoms with Gasteiger partial charge in [-0.25, -0.2) is 4.98 Å². The standard InChI is InChI=1S/C9H12N2O2/c1-4-8-10-6(2)7(5-12)9(11-8)13-3/h4,12H,1,5H2,2-3H3. The van der Waals surface area contributed by atoms with Crippen LogP contribution in [-0.4, -0.2) is 22.2 Å². The number of hydrogen-bond acceptors (Lipinski definition) is 4. The fourth-order valence-electron chi connectivity index (χ4n) is 1.03. The zero-order valence-corrected chi connectivity index (χ0v) is 7.74. The molecule has 0 aliphatic carbocycles. The molecule has 0 spiro atoms. The zero-order chi connectivity index (χ0) is 9.84. The summed E-state index contributed by atoms with van der Waals surface area (Å²) in [6, 6.07) is 0. The molecule has 1 aromatic heterocycles. The first-order valence-electron chi connectivity index (χ1n) is 3.87. The molecular formula is C9H12N2O2. The molecule has 1 aromatic rings. The zero-order valence-electron chi connectivity index (χ0n) is 7.74. The van der Waals surface area contributed by atoms with Crippen molar-refractivity contribution in [3.8, 4) is 5.88 Å². The topological polar surface area (TPSA) is 55.2 Å². The van der Waals surface area contributed by atoms with Crippen LogP contribution in [0.5, 0.6) is 5.88 Å². The van der Waals surface area contributed by atoms with E-state index in [-0.39, 0.29) is 6.61 Å². The predicted octanol–water partition coefficient (Wildman–Crippen LogP) is 0.929. The smallest absolute Gasteiger partial charge is 0.222 e. The number of aromatic nitrogens is 2. The maximum Gasteiger partial charge on any atom is 0.222 e. The summed E-state index contributed by atoms with van der Waals surface area (Å²) in [4.78, 5) is 8.13. The lowest BCUT2D eigenvalue weighted by atomic mass is 10.2. The Morgan fingerprint density at radius 1 is 1.54 bits per heavy atom. The summed E-state index contributed by atoms with van der Waals surface area (Å²) in [7, 11) is 1.51.